The average molecular weight is 212 g/mol. The molecular weight excluding hydrogens is 207 g/mol. The molecule has 1 aromatic rings. The Bertz CT molecular complexity index is 146. The number of hydrogen-bond acceptors (Lipinski definition) is 1. The van der Waals surface area contributed by atoms with E-state index in [1.54, 1.807) is 12.1 Å². The zero-order valence-corrected chi connectivity index (χ0v) is 8.12. The summed E-state index contributed by atoms with van der Waals surface area (Å²) in [5.41, 5.74) is 0. The van der Waals surface area contributed by atoms with Gasteiger partial charge < -0.3 is 29.9 Å². The van der Waals surface area contributed by atoms with Gasteiger partial charge >= 0.3 is 21.7 Å². The second-order valence-corrected chi connectivity index (χ2v) is 1.31. The summed E-state index contributed by atoms with van der Waals surface area (Å²) in [4.78, 5) is 0. The van der Waals surface area contributed by atoms with E-state index in [2.05, 4.69) is 0 Å². The van der Waals surface area contributed by atoms with Crippen LogP contribution < -0.4 is 29.9 Å². The monoisotopic (exact) mass is 211 g/mol. The predicted molar refractivity (Wildman–Crippen MR) is 25.9 cm³/mol. The third-order valence-corrected chi connectivity index (χ3v) is 0.743. The molecule has 0 aliphatic carbocycles. The van der Waals surface area contributed by atoms with Crippen LogP contribution in [0.5, 0.6) is 5.75 Å². The van der Waals surface area contributed by atoms with E-state index in [4.69, 9.17) is 0 Å². The maximum atomic E-state index is 10.3. The molecule has 0 N–H and O–H groups in total. The van der Waals surface area contributed by atoms with Crippen LogP contribution in [0.2, 0.25) is 0 Å². The summed E-state index contributed by atoms with van der Waals surface area (Å²) < 4.78 is 0. The van der Waals surface area contributed by atoms with Crippen molar-refractivity contribution in [1.82, 2.24) is 0 Å². The molecule has 0 spiro atoms. The van der Waals surface area contributed by atoms with E-state index >= 15 is 0 Å². The molecule has 1 aromatic carbocycles. The molecule has 0 atom stereocenters. The summed E-state index contributed by atoms with van der Waals surface area (Å²) in [7, 11) is 0. The van der Waals surface area contributed by atoms with Gasteiger partial charge in [0.1, 0.15) is 0 Å². The molecule has 0 aliphatic heterocycles. The van der Waals surface area contributed by atoms with Crippen molar-refractivity contribution in [3.63, 3.8) is 0 Å². The average Bonchev–Trinajstić information content (AvgIpc) is 1.69. The summed E-state index contributed by atoms with van der Waals surface area (Å²) in [6.07, 6.45) is 0. The van der Waals surface area contributed by atoms with Crippen molar-refractivity contribution >= 4 is 0 Å². The van der Waals surface area contributed by atoms with Crippen LogP contribution in [-0.2, 0) is 21.7 Å². The van der Waals surface area contributed by atoms with Crippen molar-refractivity contribution < 1.29 is 51.6 Å². The molecule has 0 saturated carbocycles. The van der Waals surface area contributed by atoms with Crippen LogP contribution in [0.1, 0.15) is 0 Å². The number of benzene rings is 1. The number of rotatable bonds is 0. The van der Waals surface area contributed by atoms with Gasteiger partial charge in [0.25, 0.3) is 0 Å². The first-order chi connectivity index (χ1) is 3.39. The number of halogens is 2. The van der Waals surface area contributed by atoms with Crippen molar-refractivity contribution in [2.45, 2.75) is 0 Å². The van der Waals surface area contributed by atoms with Gasteiger partial charge in [-0.15, -0.1) is 5.75 Å². The first-order valence-corrected chi connectivity index (χ1v) is 2.11. The van der Waals surface area contributed by atoms with Gasteiger partial charge in [-0.05, 0) is 0 Å². The first kappa shape index (κ1) is 16.7. The Hall–Kier alpha value is 0.314. The van der Waals surface area contributed by atoms with Gasteiger partial charge in [-0.1, -0.05) is 30.3 Å². The second kappa shape index (κ2) is 9.31. The SMILES string of the molecule is [Cl-].[Cl-].[O-]c1ccccc1.[Ti+4]. The molecule has 0 radical (unpaired) electrons. The third-order valence-electron chi connectivity index (χ3n) is 0.743. The van der Waals surface area contributed by atoms with E-state index in [9.17, 15) is 5.11 Å². The molecule has 0 unspecified atom stereocenters. The molecule has 0 aromatic heterocycles. The van der Waals surface area contributed by atoms with Crippen molar-refractivity contribution in [3.05, 3.63) is 30.3 Å². The van der Waals surface area contributed by atoms with Gasteiger partial charge in [0.05, 0.1) is 0 Å². The van der Waals surface area contributed by atoms with Crippen LogP contribution in [0, 0.1) is 0 Å². The topological polar surface area (TPSA) is 23.1 Å². The molecule has 10 heavy (non-hydrogen) atoms. The molecule has 52 valence electrons. The van der Waals surface area contributed by atoms with Gasteiger partial charge in [0.15, 0.2) is 0 Å². The van der Waals surface area contributed by atoms with Gasteiger partial charge in [0, 0.05) is 0 Å². The molecule has 0 bridgehead atoms. The summed E-state index contributed by atoms with van der Waals surface area (Å²) in [6.45, 7) is 0. The third kappa shape index (κ3) is 6.43. The summed E-state index contributed by atoms with van der Waals surface area (Å²) in [6, 6.07) is 8.33. The quantitative estimate of drug-likeness (QED) is 0.394. The van der Waals surface area contributed by atoms with Gasteiger partial charge in [-0.2, -0.15) is 0 Å². The normalized spacial score (nSPS) is 6.00. The fourth-order valence-corrected chi connectivity index (χ4v) is 0.420. The van der Waals surface area contributed by atoms with Crippen LogP contribution in [-0.4, -0.2) is 0 Å². The van der Waals surface area contributed by atoms with Gasteiger partial charge in [-0.3, -0.25) is 0 Å². The smallest absolute Gasteiger partial charge is 1.00 e. The van der Waals surface area contributed by atoms with Crippen LogP contribution >= 0.6 is 0 Å². The Labute approximate surface area is 87.5 Å². The van der Waals surface area contributed by atoms with Crippen molar-refractivity contribution in [2.75, 3.05) is 0 Å². The fraction of sp³-hybridized carbons (Fsp3) is 0. The van der Waals surface area contributed by atoms with E-state index in [1.807, 2.05) is 6.07 Å². The Balaban J connectivity index is -0.000000163. The van der Waals surface area contributed by atoms with E-state index in [-0.39, 0.29) is 52.3 Å². The zero-order chi connectivity index (χ0) is 5.11. The van der Waals surface area contributed by atoms with E-state index in [1.165, 1.54) is 12.1 Å². The van der Waals surface area contributed by atoms with Crippen LogP contribution in [0.25, 0.3) is 0 Å². The fourth-order valence-electron chi connectivity index (χ4n) is 0.420. The Kier molecular flexibility index (Phi) is 15.6. The summed E-state index contributed by atoms with van der Waals surface area (Å²) in [5, 5.41) is 10.3. The molecule has 0 saturated heterocycles. The molecule has 1 nitrogen and oxygen atoms in total. The number of para-hydroxylation sites is 1. The van der Waals surface area contributed by atoms with E-state index < -0.39 is 0 Å². The molecule has 0 heterocycles. The molecule has 0 fully saturated rings. The maximum absolute atomic E-state index is 10.3. The van der Waals surface area contributed by atoms with Gasteiger partial charge in [-0.25, -0.2) is 0 Å². The second-order valence-electron chi connectivity index (χ2n) is 1.31. The largest absolute Gasteiger partial charge is 4.00 e. The molecule has 0 amide bonds. The molecule has 1 rings (SSSR count). The standard InChI is InChI=1S/C6H6O.2ClH.Ti/c7-6-4-2-1-3-5-6;;;/h1-5,7H;2*1H;/q;;;+4/p-3. The summed E-state index contributed by atoms with van der Waals surface area (Å²) in [5.74, 6) is 0.0718. The molecule has 4 heteroatoms. The first-order valence-electron chi connectivity index (χ1n) is 2.11. The van der Waals surface area contributed by atoms with Gasteiger partial charge in [0.2, 0.25) is 0 Å². The minimum Gasteiger partial charge on any atom is -1.00 e. The van der Waals surface area contributed by atoms with E-state index in [0.29, 0.717) is 0 Å². The Morgan fingerprint density at radius 3 is 1.50 bits per heavy atom. The molecular formula is C6H5Cl2OTi+. The van der Waals surface area contributed by atoms with Crippen LogP contribution in [0.3, 0.4) is 0 Å². The van der Waals surface area contributed by atoms with Crippen LogP contribution in [0.4, 0.5) is 0 Å². The van der Waals surface area contributed by atoms with Crippen molar-refractivity contribution in [3.8, 4) is 5.75 Å². The maximum Gasteiger partial charge on any atom is 4.00 e. The van der Waals surface area contributed by atoms with Crippen LogP contribution in [0.15, 0.2) is 30.3 Å². The van der Waals surface area contributed by atoms with Crippen molar-refractivity contribution in [2.24, 2.45) is 0 Å². The van der Waals surface area contributed by atoms with Crippen molar-refractivity contribution in [1.29, 1.82) is 0 Å². The van der Waals surface area contributed by atoms with E-state index in [0.717, 1.165) is 0 Å². The Morgan fingerprint density at radius 1 is 0.900 bits per heavy atom. The zero-order valence-electron chi connectivity index (χ0n) is 5.05. The predicted octanol–water partition coefficient (Wildman–Crippen LogP) is -5.23. The minimum absolute atomic E-state index is 0. The Morgan fingerprint density at radius 2 is 1.30 bits per heavy atom. The minimum atomic E-state index is 0. The molecule has 0 aliphatic rings. The number of hydrogen-bond donors (Lipinski definition) is 0. The summed E-state index contributed by atoms with van der Waals surface area (Å²) >= 11 is 0.